The molecule has 1 amide bonds. The Morgan fingerprint density at radius 2 is 2.05 bits per heavy atom. The van der Waals surface area contributed by atoms with Gasteiger partial charge in [0.05, 0.1) is 5.75 Å². The van der Waals surface area contributed by atoms with Crippen LogP contribution in [0.1, 0.15) is 13.3 Å². The van der Waals surface area contributed by atoms with Gasteiger partial charge >= 0.3 is 5.97 Å². The SMILES string of the molecule is CC1CCN(C(=O)CSc2ccc(F)cc2)C1C(=O)O. The van der Waals surface area contributed by atoms with Crippen LogP contribution in [0.3, 0.4) is 0 Å². The summed E-state index contributed by atoms with van der Waals surface area (Å²) in [6, 6.07) is 5.16. The van der Waals surface area contributed by atoms with E-state index in [9.17, 15) is 19.1 Å². The van der Waals surface area contributed by atoms with Crippen LogP contribution in [0.25, 0.3) is 0 Å². The molecule has 0 spiro atoms. The number of thioether (sulfide) groups is 1. The molecule has 0 radical (unpaired) electrons. The van der Waals surface area contributed by atoms with Crippen LogP contribution < -0.4 is 0 Å². The Balaban J connectivity index is 1.94. The number of likely N-dealkylation sites (tertiary alicyclic amines) is 1. The first-order valence-corrected chi connectivity index (χ1v) is 7.38. The van der Waals surface area contributed by atoms with Gasteiger partial charge in [0.15, 0.2) is 0 Å². The van der Waals surface area contributed by atoms with E-state index in [1.807, 2.05) is 6.92 Å². The fraction of sp³-hybridized carbons (Fsp3) is 0.429. The van der Waals surface area contributed by atoms with E-state index >= 15 is 0 Å². The molecule has 0 saturated carbocycles. The number of hydrogen-bond donors (Lipinski definition) is 1. The van der Waals surface area contributed by atoms with Crippen molar-refractivity contribution in [3.05, 3.63) is 30.1 Å². The van der Waals surface area contributed by atoms with Gasteiger partial charge in [0, 0.05) is 11.4 Å². The second-order valence-electron chi connectivity index (χ2n) is 4.88. The van der Waals surface area contributed by atoms with Crippen molar-refractivity contribution < 1.29 is 19.1 Å². The average molecular weight is 297 g/mol. The first-order valence-electron chi connectivity index (χ1n) is 6.39. The molecular weight excluding hydrogens is 281 g/mol. The summed E-state index contributed by atoms with van der Waals surface area (Å²) in [7, 11) is 0. The molecule has 0 aromatic heterocycles. The molecule has 4 nitrogen and oxygen atoms in total. The number of carbonyl (C=O) groups is 2. The van der Waals surface area contributed by atoms with Gasteiger partial charge < -0.3 is 10.0 Å². The number of amides is 1. The third-order valence-electron chi connectivity index (χ3n) is 3.45. The Morgan fingerprint density at radius 1 is 1.40 bits per heavy atom. The molecule has 2 unspecified atom stereocenters. The lowest BCUT2D eigenvalue weighted by molar-refractivity contribution is -0.148. The molecule has 20 heavy (non-hydrogen) atoms. The summed E-state index contributed by atoms with van der Waals surface area (Å²) in [6.45, 7) is 2.33. The maximum absolute atomic E-state index is 12.8. The third-order valence-corrected chi connectivity index (χ3v) is 4.45. The Bertz CT molecular complexity index is 506. The van der Waals surface area contributed by atoms with Crippen LogP contribution in [-0.2, 0) is 9.59 Å². The minimum Gasteiger partial charge on any atom is -0.480 e. The summed E-state index contributed by atoms with van der Waals surface area (Å²) in [5.41, 5.74) is 0. The van der Waals surface area contributed by atoms with E-state index in [0.29, 0.717) is 13.0 Å². The molecule has 2 rings (SSSR count). The minimum absolute atomic E-state index is 0.0210. The van der Waals surface area contributed by atoms with Crippen LogP contribution in [0, 0.1) is 11.7 Å². The van der Waals surface area contributed by atoms with Crippen molar-refractivity contribution in [3.8, 4) is 0 Å². The zero-order chi connectivity index (χ0) is 14.7. The largest absolute Gasteiger partial charge is 0.480 e. The summed E-state index contributed by atoms with van der Waals surface area (Å²) >= 11 is 1.29. The first kappa shape index (κ1) is 14.8. The van der Waals surface area contributed by atoms with Gasteiger partial charge in [-0.1, -0.05) is 6.92 Å². The molecule has 1 heterocycles. The van der Waals surface area contributed by atoms with E-state index < -0.39 is 12.0 Å². The van der Waals surface area contributed by atoms with Gasteiger partial charge in [0.2, 0.25) is 5.91 Å². The molecule has 1 N–H and O–H groups in total. The number of nitrogens with zero attached hydrogens (tertiary/aromatic N) is 1. The van der Waals surface area contributed by atoms with Crippen LogP contribution >= 0.6 is 11.8 Å². The number of halogens is 1. The molecule has 0 aliphatic carbocycles. The highest BCUT2D eigenvalue weighted by Crippen LogP contribution is 2.26. The van der Waals surface area contributed by atoms with Gasteiger partial charge in [0.25, 0.3) is 0 Å². The van der Waals surface area contributed by atoms with Gasteiger partial charge in [-0.15, -0.1) is 11.8 Å². The zero-order valence-electron chi connectivity index (χ0n) is 11.1. The lowest BCUT2D eigenvalue weighted by atomic mass is 10.0. The fourth-order valence-electron chi connectivity index (χ4n) is 2.36. The zero-order valence-corrected chi connectivity index (χ0v) is 11.9. The summed E-state index contributed by atoms with van der Waals surface area (Å²) in [4.78, 5) is 25.5. The highest BCUT2D eigenvalue weighted by Gasteiger charge is 2.39. The molecule has 1 aliphatic heterocycles. The van der Waals surface area contributed by atoms with Crippen molar-refractivity contribution in [2.45, 2.75) is 24.3 Å². The monoisotopic (exact) mass is 297 g/mol. The van der Waals surface area contributed by atoms with E-state index in [-0.39, 0.29) is 23.4 Å². The molecule has 1 aliphatic rings. The van der Waals surface area contributed by atoms with Crippen LogP contribution in [0.2, 0.25) is 0 Å². The summed E-state index contributed by atoms with van der Waals surface area (Å²) in [5.74, 6) is -1.30. The number of rotatable bonds is 4. The van der Waals surface area contributed by atoms with E-state index in [0.717, 1.165) is 4.90 Å². The average Bonchev–Trinajstić information content (AvgIpc) is 2.80. The summed E-state index contributed by atoms with van der Waals surface area (Å²) < 4.78 is 12.8. The molecule has 1 saturated heterocycles. The highest BCUT2D eigenvalue weighted by molar-refractivity contribution is 8.00. The van der Waals surface area contributed by atoms with Crippen molar-refractivity contribution in [1.29, 1.82) is 0 Å². The Labute approximate surface area is 121 Å². The smallest absolute Gasteiger partial charge is 0.326 e. The van der Waals surface area contributed by atoms with Crippen molar-refractivity contribution in [3.63, 3.8) is 0 Å². The summed E-state index contributed by atoms with van der Waals surface area (Å²) in [6.07, 6.45) is 0.712. The van der Waals surface area contributed by atoms with Crippen LogP contribution in [0.4, 0.5) is 4.39 Å². The second-order valence-corrected chi connectivity index (χ2v) is 5.93. The van der Waals surface area contributed by atoms with E-state index in [2.05, 4.69) is 0 Å². The van der Waals surface area contributed by atoms with Crippen molar-refractivity contribution in [1.82, 2.24) is 4.90 Å². The Hall–Kier alpha value is -1.56. The van der Waals surface area contributed by atoms with Crippen LogP contribution in [0.5, 0.6) is 0 Å². The lowest BCUT2D eigenvalue weighted by Crippen LogP contribution is -2.43. The fourth-order valence-corrected chi connectivity index (χ4v) is 3.15. The standard InChI is InChI=1S/C14H16FNO3S/c1-9-6-7-16(13(9)14(18)19)12(17)8-20-11-4-2-10(15)3-5-11/h2-5,9,13H,6-8H2,1H3,(H,18,19). The number of hydrogen-bond acceptors (Lipinski definition) is 3. The second kappa shape index (κ2) is 6.26. The minimum atomic E-state index is -0.949. The molecule has 6 heteroatoms. The first-order chi connectivity index (χ1) is 9.49. The molecule has 108 valence electrons. The van der Waals surface area contributed by atoms with Gasteiger partial charge in [-0.3, -0.25) is 4.79 Å². The quantitative estimate of drug-likeness (QED) is 0.866. The van der Waals surface area contributed by atoms with Crippen molar-refractivity contribution in [2.75, 3.05) is 12.3 Å². The molecule has 0 bridgehead atoms. The molecule has 1 aromatic carbocycles. The van der Waals surface area contributed by atoms with Crippen LogP contribution in [-0.4, -0.2) is 40.2 Å². The number of benzene rings is 1. The number of carbonyl (C=O) groups excluding carboxylic acids is 1. The van der Waals surface area contributed by atoms with Crippen molar-refractivity contribution >= 4 is 23.6 Å². The Morgan fingerprint density at radius 3 is 2.65 bits per heavy atom. The van der Waals surface area contributed by atoms with E-state index in [4.69, 9.17) is 0 Å². The van der Waals surface area contributed by atoms with Gasteiger partial charge in [-0.25, -0.2) is 9.18 Å². The number of carboxylic acids is 1. The normalized spacial score (nSPS) is 22.0. The summed E-state index contributed by atoms with van der Waals surface area (Å²) in [5, 5.41) is 9.18. The maximum atomic E-state index is 12.8. The maximum Gasteiger partial charge on any atom is 0.326 e. The van der Waals surface area contributed by atoms with E-state index in [1.54, 1.807) is 12.1 Å². The van der Waals surface area contributed by atoms with Gasteiger partial charge in [0.1, 0.15) is 11.9 Å². The predicted octanol–water partition coefficient (Wildman–Crippen LogP) is 2.24. The molecule has 1 fully saturated rings. The molecule has 2 atom stereocenters. The molecule has 1 aromatic rings. The van der Waals surface area contributed by atoms with Gasteiger partial charge in [-0.05, 0) is 36.6 Å². The number of aliphatic carboxylic acids is 1. The molecular formula is C14H16FNO3S. The van der Waals surface area contributed by atoms with E-state index in [1.165, 1.54) is 28.8 Å². The Kier molecular flexibility index (Phi) is 4.65. The van der Waals surface area contributed by atoms with Crippen LogP contribution in [0.15, 0.2) is 29.2 Å². The number of carboxylic acid groups (broad SMARTS) is 1. The highest BCUT2D eigenvalue weighted by atomic mass is 32.2. The lowest BCUT2D eigenvalue weighted by Gasteiger charge is -2.23. The van der Waals surface area contributed by atoms with Gasteiger partial charge in [-0.2, -0.15) is 0 Å². The third kappa shape index (κ3) is 3.30. The predicted molar refractivity (Wildman–Crippen MR) is 74.0 cm³/mol. The van der Waals surface area contributed by atoms with Crippen molar-refractivity contribution in [2.24, 2.45) is 5.92 Å². The topological polar surface area (TPSA) is 57.6 Å².